The first-order valence-corrected chi connectivity index (χ1v) is 11.4. The van der Waals surface area contributed by atoms with Gasteiger partial charge in [0, 0.05) is 58.1 Å². The van der Waals surface area contributed by atoms with Crippen molar-refractivity contribution < 1.29 is 9.59 Å². The Morgan fingerprint density at radius 2 is 1.75 bits per heavy atom. The number of aromatic nitrogens is 1. The number of carbonyl (C=O) groups excluding carboxylic acids is 2. The lowest BCUT2D eigenvalue weighted by Crippen LogP contribution is -2.52. The fraction of sp³-hybridized carbons (Fsp3) is 0.458. The van der Waals surface area contributed by atoms with Gasteiger partial charge in [-0.2, -0.15) is 0 Å². The quantitative estimate of drug-likeness (QED) is 0.717. The Morgan fingerprint density at radius 3 is 2.50 bits per heavy atom. The van der Waals surface area contributed by atoms with Crippen molar-refractivity contribution in [1.82, 2.24) is 25.4 Å². The summed E-state index contributed by atoms with van der Waals surface area (Å²) in [4.78, 5) is 35.6. The number of amides is 3. The number of pyridine rings is 1. The molecule has 1 unspecified atom stereocenters. The molecule has 0 aliphatic carbocycles. The summed E-state index contributed by atoms with van der Waals surface area (Å²) in [7, 11) is 0. The molecule has 2 aliphatic rings. The van der Waals surface area contributed by atoms with Crippen LogP contribution in [0, 0.1) is 0 Å². The smallest absolute Gasteiger partial charge is 0.318 e. The molecule has 32 heavy (non-hydrogen) atoms. The van der Waals surface area contributed by atoms with E-state index in [1.807, 2.05) is 43.5 Å². The summed E-state index contributed by atoms with van der Waals surface area (Å²) in [6.45, 7) is 7.77. The first kappa shape index (κ1) is 22.1. The third-order valence-corrected chi connectivity index (χ3v) is 6.10. The molecule has 0 radical (unpaired) electrons. The standard InChI is InChI=1S/C24H32N6O2/c1-19(17-28-12-14-29(15-13-28)22-8-4-5-10-25-22)27-23(31)16-26-24(32)30-11-9-20-6-2-3-7-21(20)18-30/h2-8,10,19H,9,11-18H2,1H3,(H,26,32)(H,27,31). The first-order valence-electron chi connectivity index (χ1n) is 11.4. The van der Waals surface area contributed by atoms with Gasteiger partial charge in [0.2, 0.25) is 5.91 Å². The van der Waals surface area contributed by atoms with Gasteiger partial charge in [-0.05, 0) is 36.6 Å². The molecule has 1 saturated heterocycles. The summed E-state index contributed by atoms with van der Waals surface area (Å²) in [5, 5.41) is 5.77. The van der Waals surface area contributed by atoms with E-state index in [-0.39, 0.29) is 24.5 Å². The van der Waals surface area contributed by atoms with Crippen LogP contribution in [0.1, 0.15) is 18.1 Å². The molecule has 4 rings (SSSR count). The first-order chi connectivity index (χ1) is 15.6. The molecule has 3 amide bonds. The molecule has 1 aromatic carbocycles. The number of nitrogens with zero attached hydrogens (tertiary/aromatic N) is 4. The van der Waals surface area contributed by atoms with E-state index in [2.05, 4.69) is 37.6 Å². The van der Waals surface area contributed by atoms with Crippen molar-refractivity contribution in [3.05, 3.63) is 59.8 Å². The highest BCUT2D eigenvalue weighted by molar-refractivity contribution is 5.84. The minimum absolute atomic E-state index is 0.00518. The number of anilines is 1. The average molecular weight is 437 g/mol. The fourth-order valence-corrected chi connectivity index (χ4v) is 4.40. The third-order valence-electron chi connectivity index (χ3n) is 6.10. The van der Waals surface area contributed by atoms with Crippen molar-refractivity contribution in [2.45, 2.75) is 25.9 Å². The molecule has 8 heteroatoms. The second kappa shape index (κ2) is 10.5. The lowest BCUT2D eigenvalue weighted by Gasteiger charge is -2.36. The van der Waals surface area contributed by atoms with Crippen molar-refractivity contribution in [3.63, 3.8) is 0 Å². The topological polar surface area (TPSA) is 80.8 Å². The largest absolute Gasteiger partial charge is 0.354 e. The molecule has 2 N–H and O–H groups in total. The predicted octanol–water partition coefficient (Wildman–Crippen LogP) is 1.48. The van der Waals surface area contributed by atoms with E-state index in [9.17, 15) is 9.59 Å². The summed E-state index contributed by atoms with van der Waals surface area (Å²) < 4.78 is 0. The van der Waals surface area contributed by atoms with E-state index in [0.717, 1.165) is 45.0 Å². The number of piperazine rings is 1. The number of hydrogen-bond donors (Lipinski definition) is 2. The molecule has 1 aromatic heterocycles. The maximum Gasteiger partial charge on any atom is 0.318 e. The molecule has 0 saturated carbocycles. The minimum Gasteiger partial charge on any atom is -0.354 e. The highest BCUT2D eigenvalue weighted by Gasteiger charge is 2.22. The normalized spacial score (nSPS) is 17.4. The zero-order valence-electron chi connectivity index (χ0n) is 18.7. The average Bonchev–Trinajstić information content (AvgIpc) is 2.83. The summed E-state index contributed by atoms with van der Waals surface area (Å²) >= 11 is 0. The van der Waals surface area contributed by atoms with Gasteiger partial charge in [0.1, 0.15) is 5.82 Å². The molecule has 0 spiro atoms. The van der Waals surface area contributed by atoms with E-state index < -0.39 is 0 Å². The number of benzene rings is 1. The molecule has 2 aromatic rings. The highest BCUT2D eigenvalue weighted by atomic mass is 16.2. The number of urea groups is 1. The van der Waals surface area contributed by atoms with Gasteiger partial charge in [-0.25, -0.2) is 9.78 Å². The number of carbonyl (C=O) groups is 2. The molecular formula is C24H32N6O2. The molecule has 1 fully saturated rings. The van der Waals surface area contributed by atoms with Gasteiger partial charge in [-0.15, -0.1) is 0 Å². The maximum absolute atomic E-state index is 12.5. The van der Waals surface area contributed by atoms with E-state index in [4.69, 9.17) is 0 Å². The summed E-state index contributed by atoms with van der Waals surface area (Å²) in [5.74, 6) is 0.858. The number of fused-ring (bicyclic) bond motifs is 1. The van der Waals surface area contributed by atoms with Gasteiger partial charge in [0.25, 0.3) is 0 Å². The summed E-state index contributed by atoms with van der Waals surface area (Å²) in [6, 6.07) is 14.0. The molecule has 3 heterocycles. The van der Waals surface area contributed by atoms with Gasteiger partial charge in [0.05, 0.1) is 6.54 Å². The Labute approximate surface area is 189 Å². The van der Waals surface area contributed by atoms with Gasteiger partial charge in [-0.3, -0.25) is 9.69 Å². The van der Waals surface area contributed by atoms with Crippen LogP contribution in [0.15, 0.2) is 48.7 Å². The van der Waals surface area contributed by atoms with Crippen LogP contribution in [0.4, 0.5) is 10.6 Å². The van der Waals surface area contributed by atoms with Gasteiger partial charge in [0.15, 0.2) is 0 Å². The van der Waals surface area contributed by atoms with Gasteiger partial charge in [-0.1, -0.05) is 30.3 Å². The van der Waals surface area contributed by atoms with Crippen molar-refractivity contribution in [2.24, 2.45) is 0 Å². The van der Waals surface area contributed by atoms with E-state index in [1.54, 1.807) is 4.90 Å². The van der Waals surface area contributed by atoms with Crippen molar-refractivity contribution >= 4 is 17.8 Å². The van der Waals surface area contributed by atoms with Crippen LogP contribution < -0.4 is 15.5 Å². The Bertz CT molecular complexity index is 914. The Balaban J connectivity index is 1.14. The van der Waals surface area contributed by atoms with Crippen LogP contribution in [0.2, 0.25) is 0 Å². The van der Waals surface area contributed by atoms with E-state index >= 15 is 0 Å². The molecule has 0 bridgehead atoms. The zero-order chi connectivity index (χ0) is 22.3. The van der Waals surface area contributed by atoms with E-state index in [0.29, 0.717) is 13.1 Å². The lowest BCUT2D eigenvalue weighted by molar-refractivity contribution is -0.120. The van der Waals surface area contributed by atoms with Crippen LogP contribution in [-0.4, -0.2) is 78.6 Å². The van der Waals surface area contributed by atoms with Crippen LogP contribution in [-0.2, 0) is 17.8 Å². The fourth-order valence-electron chi connectivity index (χ4n) is 4.40. The second-order valence-electron chi connectivity index (χ2n) is 8.54. The van der Waals surface area contributed by atoms with Gasteiger partial charge < -0.3 is 20.4 Å². The summed E-state index contributed by atoms with van der Waals surface area (Å²) in [6.07, 6.45) is 2.67. The van der Waals surface area contributed by atoms with Crippen molar-refractivity contribution in [3.8, 4) is 0 Å². The van der Waals surface area contributed by atoms with Crippen LogP contribution in [0.3, 0.4) is 0 Å². The predicted molar refractivity (Wildman–Crippen MR) is 124 cm³/mol. The lowest BCUT2D eigenvalue weighted by atomic mass is 10.0. The molecule has 1 atom stereocenters. The number of nitrogens with one attached hydrogen (secondary N) is 2. The van der Waals surface area contributed by atoms with Gasteiger partial charge >= 0.3 is 6.03 Å². The molecule has 170 valence electrons. The van der Waals surface area contributed by atoms with E-state index in [1.165, 1.54) is 11.1 Å². The van der Waals surface area contributed by atoms with Crippen molar-refractivity contribution in [2.75, 3.05) is 50.7 Å². The zero-order valence-corrected chi connectivity index (χ0v) is 18.7. The Hall–Kier alpha value is -3.13. The van der Waals surface area contributed by atoms with Crippen LogP contribution in [0.5, 0.6) is 0 Å². The monoisotopic (exact) mass is 436 g/mol. The highest BCUT2D eigenvalue weighted by Crippen LogP contribution is 2.18. The Morgan fingerprint density at radius 1 is 1.00 bits per heavy atom. The number of hydrogen-bond acceptors (Lipinski definition) is 5. The van der Waals surface area contributed by atoms with Crippen LogP contribution in [0.25, 0.3) is 0 Å². The number of rotatable bonds is 6. The molecular weight excluding hydrogens is 404 g/mol. The van der Waals surface area contributed by atoms with Crippen LogP contribution >= 0.6 is 0 Å². The maximum atomic E-state index is 12.5. The molecule has 2 aliphatic heterocycles. The Kier molecular flexibility index (Phi) is 7.21. The molecule has 8 nitrogen and oxygen atoms in total. The third kappa shape index (κ3) is 5.76. The van der Waals surface area contributed by atoms with Crippen molar-refractivity contribution in [1.29, 1.82) is 0 Å². The summed E-state index contributed by atoms with van der Waals surface area (Å²) in [5.41, 5.74) is 2.47. The SMILES string of the molecule is CC(CN1CCN(c2ccccn2)CC1)NC(=O)CNC(=O)N1CCc2ccccc2C1. The minimum atomic E-state index is -0.187. The second-order valence-corrected chi connectivity index (χ2v) is 8.54.